The van der Waals surface area contributed by atoms with Gasteiger partial charge in [-0.25, -0.2) is 0 Å². The fourth-order valence-electron chi connectivity index (χ4n) is 9.17. The van der Waals surface area contributed by atoms with Crippen LogP contribution in [0, 0.1) is 28.6 Å². The van der Waals surface area contributed by atoms with Crippen LogP contribution in [0.25, 0.3) is 0 Å². The highest BCUT2D eigenvalue weighted by Gasteiger charge is 2.68. The Labute approximate surface area is 264 Å². The number of allylic oxidation sites excluding steroid dienone is 1. The Morgan fingerprint density at radius 2 is 1.78 bits per heavy atom. The summed E-state index contributed by atoms with van der Waals surface area (Å²) in [5.41, 5.74) is -0.742. The van der Waals surface area contributed by atoms with Crippen molar-refractivity contribution in [2.45, 2.75) is 89.8 Å². The number of carbonyl (C=O) groups excluding carboxylic acids is 4. The Balaban J connectivity index is 1.11. The monoisotopic (exact) mass is 625 g/mol. The van der Waals surface area contributed by atoms with E-state index >= 15 is 0 Å². The molecular weight excluding hydrogens is 578 g/mol. The van der Waals surface area contributed by atoms with Crippen LogP contribution in [-0.2, 0) is 30.3 Å². The van der Waals surface area contributed by atoms with E-state index in [2.05, 4.69) is 12.2 Å². The largest absolute Gasteiger partial charge is 0.493 e. The van der Waals surface area contributed by atoms with Crippen LogP contribution in [0.1, 0.15) is 77.2 Å². The summed E-state index contributed by atoms with van der Waals surface area (Å²) in [7, 11) is 3.12. The molecule has 10 heteroatoms. The second-order valence-corrected chi connectivity index (χ2v) is 13.8. The Hall–Kier alpha value is -3.24. The number of aliphatic hydroxyl groups is 2. The van der Waals surface area contributed by atoms with Gasteiger partial charge in [0.15, 0.2) is 23.9 Å². The van der Waals surface area contributed by atoms with Gasteiger partial charge in [0.25, 0.3) is 0 Å². The van der Waals surface area contributed by atoms with Crippen LogP contribution in [0.2, 0.25) is 0 Å². The van der Waals surface area contributed by atoms with Crippen molar-refractivity contribution in [3.63, 3.8) is 0 Å². The average Bonchev–Trinajstić information content (AvgIpc) is 3.29. The maximum absolute atomic E-state index is 13.5. The molecule has 0 saturated heterocycles. The molecule has 0 radical (unpaired) electrons. The fraction of sp³-hybridized carbons (Fsp3) is 0.657. The third-order valence-corrected chi connectivity index (χ3v) is 11.6. The lowest BCUT2D eigenvalue weighted by Crippen LogP contribution is -2.62. The number of methoxy groups -OCH3 is 2. The number of nitrogens with one attached hydrogen (secondary N) is 1. The molecule has 0 bridgehead atoms. The summed E-state index contributed by atoms with van der Waals surface area (Å²) in [6.45, 7) is 3.86. The van der Waals surface area contributed by atoms with Gasteiger partial charge in [0.2, 0.25) is 11.7 Å². The molecule has 0 unspecified atom stereocenters. The summed E-state index contributed by atoms with van der Waals surface area (Å²) < 4.78 is 15.8. The molecule has 3 saturated carbocycles. The average molecular weight is 626 g/mol. The molecule has 4 aliphatic carbocycles. The van der Waals surface area contributed by atoms with Crippen LogP contribution in [0.5, 0.6) is 11.5 Å². The number of esters is 1. The molecule has 10 nitrogen and oxygen atoms in total. The number of aliphatic hydroxyl groups excluding tert-OH is 1. The van der Waals surface area contributed by atoms with Gasteiger partial charge in [0.05, 0.1) is 26.7 Å². The van der Waals surface area contributed by atoms with E-state index in [4.69, 9.17) is 14.2 Å². The van der Waals surface area contributed by atoms with Gasteiger partial charge in [-0.15, -0.1) is 0 Å². The number of benzene rings is 1. The van der Waals surface area contributed by atoms with Crippen molar-refractivity contribution in [3.05, 3.63) is 35.4 Å². The number of carbonyl (C=O) groups is 4. The van der Waals surface area contributed by atoms with Crippen LogP contribution in [0.4, 0.5) is 0 Å². The first-order valence-corrected chi connectivity index (χ1v) is 16.2. The van der Waals surface area contributed by atoms with E-state index in [9.17, 15) is 29.4 Å². The highest BCUT2D eigenvalue weighted by Crippen LogP contribution is 2.67. The van der Waals surface area contributed by atoms with Crippen LogP contribution in [0.3, 0.4) is 0 Å². The van der Waals surface area contributed by atoms with Crippen LogP contribution in [-0.4, -0.2) is 72.7 Å². The van der Waals surface area contributed by atoms with E-state index in [1.807, 2.05) is 19.1 Å². The van der Waals surface area contributed by atoms with Gasteiger partial charge in [0, 0.05) is 24.8 Å². The highest BCUT2D eigenvalue weighted by atomic mass is 16.5. The van der Waals surface area contributed by atoms with Crippen LogP contribution in [0.15, 0.2) is 29.8 Å². The van der Waals surface area contributed by atoms with E-state index in [-0.39, 0.29) is 60.5 Å². The zero-order valence-corrected chi connectivity index (χ0v) is 26.9. The van der Waals surface area contributed by atoms with Crippen molar-refractivity contribution < 1.29 is 43.6 Å². The summed E-state index contributed by atoms with van der Waals surface area (Å²) in [6.07, 6.45) is 5.33. The predicted octanol–water partition coefficient (Wildman–Crippen LogP) is 3.49. The lowest BCUT2D eigenvalue weighted by molar-refractivity contribution is -0.184. The van der Waals surface area contributed by atoms with Gasteiger partial charge in [-0.1, -0.05) is 25.5 Å². The SMILES string of the molecule is COc1ccc(CCNC(=O)CCC(=O)OCC(=O)[C@@]2(O)CC[C@H]3[C@@H]4CCC5=CC(=O)CC[C@]5(C)[C@H]4[C@@H](O)C[C@@]32C)cc1OC. The van der Waals surface area contributed by atoms with Crippen molar-refractivity contribution in [2.24, 2.45) is 28.6 Å². The minimum atomic E-state index is -1.72. The normalized spacial score (nSPS) is 33.6. The molecule has 3 fully saturated rings. The zero-order chi connectivity index (χ0) is 32.6. The molecule has 246 valence electrons. The molecule has 0 aliphatic heterocycles. The second-order valence-electron chi connectivity index (χ2n) is 13.8. The van der Waals surface area contributed by atoms with Gasteiger partial charge in [0.1, 0.15) is 5.60 Å². The third kappa shape index (κ3) is 6.03. The highest BCUT2D eigenvalue weighted by molar-refractivity contribution is 5.92. The molecule has 0 heterocycles. The standard InChI is InChI=1S/C35H47NO9/c1-33-14-11-23(37)18-22(33)6-7-24-25-12-15-35(42,34(25,2)19-26(38)32(24)33)29(39)20-45-31(41)10-9-30(40)36-16-13-21-5-8-27(43-3)28(17-21)44-4/h5,8,17-18,24-26,32,38,42H,6-7,9-16,19-20H2,1-4H3,(H,36,40)/t24-,25-,26-,32+,33-,34-,35-/m0/s1. The lowest BCUT2D eigenvalue weighted by atomic mass is 9.45. The number of ether oxygens (including phenoxy) is 3. The van der Waals surface area contributed by atoms with Crippen molar-refractivity contribution in [1.29, 1.82) is 0 Å². The Kier molecular flexibility index (Phi) is 9.48. The second kappa shape index (κ2) is 12.9. The van der Waals surface area contributed by atoms with E-state index in [0.717, 1.165) is 24.0 Å². The number of Topliss-reactive ketones (excluding diaryl/α,β-unsaturated/α-hetero) is 1. The summed E-state index contributed by atoms with van der Waals surface area (Å²) in [4.78, 5) is 50.4. The molecule has 5 rings (SSSR count). The van der Waals surface area contributed by atoms with Gasteiger partial charge in [-0.05, 0) is 91.9 Å². The summed E-state index contributed by atoms with van der Waals surface area (Å²) >= 11 is 0. The fourth-order valence-corrected chi connectivity index (χ4v) is 9.17. The van der Waals surface area contributed by atoms with Gasteiger partial charge in [-0.2, -0.15) is 0 Å². The summed E-state index contributed by atoms with van der Waals surface area (Å²) in [5.74, 6) is -0.0358. The summed E-state index contributed by atoms with van der Waals surface area (Å²) in [5, 5.41) is 26.2. The Bertz CT molecular complexity index is 1370. The number of ketones is 2. The quantitative estimate of drug-likeness (QED) is 0.314. The minimum Gasteiger partial charge on any atom is -0.493 e. The maximum atomic E-state index is 13.5. The van der Waals surface area contributed by atoms with Gasteiger partial charge < -0.3 is 29.7 Å². The molecular formula is C35H47NO9. The molecule has 7 atom stereocenters. The molecule has 1 aromatic rings. The molecule has 1 aromatic carbocycles. The predicted molar refractivity (Wildman–Crippen MR) is 165 cm³/mol. The van der Waals surface area contributed by atoms with Crippen LogP contribution >= 0.6 is 0 Å². The van der Waals surface area contributed by atoms with Crippen LogP contribution < -0.4 is 14.8 Å². The first-order valence-electron chi connectivity index (χ1n) is 16.2. The Morgan fingerprint density at radius 1 is 1.02 bits per heavy atom. The van der Waals surface area contributed by atoms with E-state index in [0.29, 0.717) is 43.7 Å². The van der Waals surface area contributed by atoms with E-state index in [1.54, 1.807) is 26.4 Å². The van der Waals surface area contributed by atoms with Gasteiger partial charge in [-0.3, -0.25) is 19.2 Å². The molecule has 0 spiro atoms. The molecule has 3 N–H and O–H groups in total. The first kappa shape index (κ1) is 33.1. The van der Waals surface area contributed by atoms with Gasteiger partial charge >= 0.3 is 5.97 Å². The maximum Gasteiger partial charge on any atom is 0.306 e. The molecule has 0 aromatic heterocycles. The topological polar surface area (TPSA) is 148 Å². The van der Waals surface area contributed by atoms with E-state index in [1.165, 1.54) is 0 Å². The number of hydrogen-bond acceptors (Lipinski definition) is 9. The molecule has 45 heavy (non-hydrogen) atoms. The van der Waals surface area contributed by atoms with Crippen molar-refractivity contribution >= 4 is 23.4 Å². The van der Waals surface area contributed by atoms with Crippen molar-refractivity contribution in [1.82, 2.24) is 5.32 Å². The van der Waals surface area contributed by atoms with Crippen molar-refractivity contribution in [3.8, 4) is 11.5 Å². The number of fused-ring (bicyclic) bond motifs is 5. The third-order valence-electron chi connectivity index (χ3n) is 11.6. The van der Waals surface area contributed by atoms with Crippen molar-refractivity contribution in [2.75, 3.05) is 27.4 Å². The number of hydrogen-bond donors (Lipinski definition) is 3. The number of amides is 1. The summed E-state index contributed by atoms with van der Waals surface area (Å²) in [6, 6.07) is 5.53. The van der Waals surface area contributed by atoms with E-state index < -0.39 is 35.5 Å². The smallest absolute Gasteiger partial charge is 0.306 e. The number of rotatable bonds is 11. The zero-order valence-electron chi connectivity index (χ0n) is 26.9. The first-order chi connectivity index (χ1) is 21.4. The lowest BCUT2D eigenvalue weighted by Gasteiger charge is -2.60. The molecule has 1 amide bonds. The minimum absolute atomic E-state index is 0.0239. The Morgan fingerprint density at radius 3 is 2.51 bits per heavy atom. The molecule has 4 aliphatic rings.